The van der Waals surface area contributed by atoms with Crippen LogP contribution >= 0.6 is 0 Å². The summed E-state index contributed by atoms with van der Waals surface area (Å²) in [6.45, 7) is 2.69. The molecule has 1 aromatic carbocycles. The zero-order valence-electron chi connectivity index (χ0n) is 14.0. The Balaban J connectivity index is 2.32. The molecule has 2 N–H and O–H groups in total. The summed E-state index contributed by atoms with van der Waals surface area (Å²) in [5.74, 6) is 0.851. The first-order chi connectivity index (χ1) is 11.5. The standard InChI is InChI=1S/C16H19FN6O/c1-5-22(2)16-19-13(10-7-6-9(24-4)8-11(10)17)12-14(18)23(3)21-15(12)20-16/h6-8H,5,18H2,1-4H3. The fraction of sp³-hybridized carbons (Fsp3) is 0.312. The summed E-state index contributed by atoms with van der Waals surface area (Å²) in [6.07, 6.45) is 0. The first-order valence-electron chi connectivity index (χ1n) is 7.51. The van der Waals surface area contributed by atoms with Gasteiger partial charge in [0.05, 0.1) is 18.2 Å². The Morgan fingerprint density at radius 2 is 2.08 bits per heavy atom. The van der Waals surface area contributed by atoms with Gasteiger partial charge in [-0.05, 0) is 19.1 Å². The Bertz CT molecular complexity index is 907. The van der Waals surface area contributed by atoms with Crippen LogP contribution in [0.4, 0.5) is 16.2 Å². The van der Waals surface area contributed by atoms with Gasteiger partial charge in [0.1, 0.15) is 17.4 Å². The second-order valence-corrected chi connectivity index (χ2v) is 5.44. The van der Waals surface area contributed by atoms with Crippen molar-refractivity contribution in [3.8, 4) is 17.0 Å². The van der Waals surface area contributed by atoms with E-state index < -0.39 is 5.82 Å². The molecule has 3 rings (SSSR count). The second kappa shape index (κ2) is 5.95. The van der Waals surface area contributed by atoms with E-state index in [9.17, 15) is 4.39 Å². The van der Waals surface area contributed by atoms with Gasteiger partial charge in [-0.1, -0.05) is 0 Å². The molecule has 0 unspecified atom stereocenters. The number of rotatable bonds is 4. The number of aromatic nitrogens is 4. The lowest BCUT2D eigenvalue weighted by Gasteiger charge is -2.15. The molecule has 0 amide bonds. The second-order valence-electron chi connectivity index (χ2n) is 5.44. The van der Waals surface area contributed by atoms with Crippen LogP contribution in [0.25, 0.3) is 22.3 Å². The van der Waals surface area contributed by atoms with E-state index in [1.807, 2.05) is 18.9 Å². The molecular weight excluding hydrogens is 311 g/mol. The van der Waals surface area contributed by atoms with Crippen molar-refractivity contribution in [3.05, 3.63) is 24.0 Å². The highest BCUT2D eigenvalue weighted by atomic mass is 19.1. The number of anilines is 2. The Kier molecular flexibility index (Phi) is 3.96. The number of halogens is 1. The van der Waals surface area contributed by atoms with Crippen LogP contribution in [-0.2, 0) is 7.05 Å². The zero-order chi connectivity index (χ0) is 17.4. The van der Waals surface area contributed by atoms with Crippen molar-refractivity contribution in [2.45, 2.75) is 6.92 Å². The lowest BCUT2D eigenvalue weighted by molar-refractivity contribution is 0.411. The minimum atomic E-state index is -0.442. The summed E-state index contributed by atoms with van der Waals surface area (Å²) < 4.78 is 21.2. The predicted molar refractivity (Wildman–Crippen MR) is 91.6 cm³/mol. The number of hydrogen-bond acceptors (Lipinski definition) is 6. The van der Waals surface area contributed by atoms with Gasteiger partial charge in [0, 0.05) is 32.3 Å². The smallest absolute Gasteiger partial charge is 0.227 e. The SMILES string of the molecule is CCN(C)c1nc(-c2ccc(OC)cc2F)c2c(N)n(C)nc2n1. The highest BCUT2D eigenvalue weighted by Crippen LogP contribution is 2.34. The molecule has 3 aromatic rings. The number of aryl methyl sites for hydroxylation is 1. The van der Waals surface area contributed by atoms with Crippen LogP contribution < -0.4 is 15.4 Å². The lowest BCUT2D eigenvalue weighted by Crippen LogP contribution is -2.19. The van der Waals surface area contributed by atoms with Crippen LogP contribution in [0.1, 0.15) is 6.92 Å². The van der Waals surface area contributed by atoms with Gasteiger partial charge in [0.2, 0.25) is 5.95 Å². The maximum Gasteiger partial charge on any atom is 0.227 e. The highest BCUT2D eigenvalue weighted by molar-refractivity contribution is 5.99. The number of nitrogens with zero attached hydrogens (tertiary/aromatic N) is 5. The van der Waals surface area contributed by atoms with Gasteiger partial charge in [-0.25, -0.2) is 9.37 Å². The van der Waals surface area contributed by atoms with E-state index in [0.717, 1.165) is 0 Å². The number of fused-ring (bicyclic) bond motifs is 1. The Labute approximate surface area is 138 Å². The molecule has 2 aromatic heterocycles. The number of nitrogen functional groups attached to an aromatic ring is 1. The maximum absolute atomic E-state index is 14.6. The molecule has 8 heteroatoms. The number of nitrogens with two attached hydrogens (primary N) is 1. The topological polar surface area (TPSA) is 82.1 Å². The van der Waals surface area contributed by atoms with Crippen molar-refractivity contribution < 1.29 is 9.13 Å². The first-order valence-corrected chi connectivity index (χ1v) is 7.51. The van der Waals surface area contributed by atoms with E-state index in [2.05, 4.69) is 15.1 Å². The lowest BCUT2D eigenvalue weighted by atomic mass is 10.1. The van der Waals surface area contributed by atoms with Gasteiger partial charge in [-0.2, -0.15) is 10.1 Å². The predicted octanol–water partition coefficient (Wildman–Crippen LogP) is 2.22. The Morgan fingerprint density at radius 1 is 1.33 bits per heavy atom. The molecule has 2 heterocycles. The van der Waals surface area contributed by atoms with Crippen molar-refractivity contribution in [1.29, 1.82) is 0 Å². The van der Waals surface area contributed by atoms with E-state index in [1.165, 1.54) is 17.9 Å². The average molecular weight is 330 g/mol. The first kappa shape index (κ1) is 16.0. The molecular formula is C16H19FN6O. The molecule has 7 nitrogen and oxygen atoms in total. The van der Waals surface area contributed by atoms with Crippen LogP contribution in [0.2, 0.25) is 0 Å². The van der Waals surface area contributed by atoms with Crippen LogP contribution in [0.3, 0.4) is 0 Å². The summed E-state index contributed by atoms with van der Waals surface area (Å²) in [5, 5.41) is 4.84. The van der Waals surface area contributed by atoms with Crippen molar-refractivity contribution >= 4 is 22.8 Å². The monoisotopic (exact) mass is 330 g/mol. The zero-order valence-corrected chi connectivity index (χ0v) is 14.0. The average Bonchev–Trinajstić information content (AvgIpc) is 2.87. The number of hydrogen-bond donors (Lipinski definition) is 1. The molecule has 0 aliphatic rings. The minimum absolute atomic E-state index is 0.327. The number of benzene rings is 1. The summed E-state index contributed by atoms with van der Waals surface area (Å²) in [4.78, 5) is 10.8. The van der Waals surface area contributed by atoms with E-state index in [0.29, 0.717) is 46.4 Å². The molecule has 24 heavy (non-hydrogen) atoms. The fourth-order valence-electron chi connectivity index (χ4n) is 2.43. The molecule has 0 radical (unpaired) electrons. The largest absolute Gasteiger partial charge is 0.497 e. The van der Waals surface area contributed by atoms with E-state index >= 15 is 0 Å². The molecule has 126 valence electrons. The van der Waals surface area contributed by atoms with Crippen LogP contribution in [0.15, 0.2) is 18.2 Å². The fourth-order valence-corrected chi connectivity index (χ4v) is 2.43. The molecule has 0 saturated heterocycles. The van der Waals surface area contributed by atoms with Gasteiger partial charge in [0.25, 0.3) is 0 Å². The third-order valence-electron chi connectivity index (χ3n) is 3.97. The van der Waals surface area contributed by atoms with Crippen molar-refractivity contribution in [1.82, 2.24) is 19.7 Å². The molecule has 0 bridgehead atoms. The van der Waals surface area contributed by atoms with E-state index in [4.69, 9.17) is 10.5 Å². The summed E-state index contributed by atoms with van der Waals surface area (Å²) in [5.41, 5.74) is 7.28. The van der Waals surface area contributed by atoms with E-state index in [-0.39, 0.29) is 0 Å². The summed E-state index contributed by atoms with van der Waals surface area (Å²) in [6, 6.07) is 4.62. The van der Waals surface area contributed by atoms with Crippen LogP contribution in [0.5, 0.6) is 5.75 Å². The maximum atomic E-state index is 14.6. The highest BCUT2D eigenvalue weighted by Gasteiger charge is 2.20. The minimum Gasteiger partial charge on any atom is -0.497 e. The summed E-state index contributed by atoms with van der Waals surface area (Å²) >= 11 is 0. The number of methoxy groups -OCH3 is 1. The Morgan fingerprint density at radius 3 is 2.71 bits per heavy atom. The van der Waals surface area contributed by atoms with Gasteiger partial charge < -0.3 is 15.4 Å². The van der Waals surface area contributed by atoms with Crippen molar-refractivity contribution in [2.24, 2.45) is 7.05 Å². The molecule has 0 fully saturated rings. The van der Waals surface area contributed by atoms with E-state index in [1.54, 1.807) is 19.2 Å². The number of ether oxygens (including phenoxy) is 1. The van der Waals surface area contributed by atoms with Crippen molar-refractivity contribution in [3.63, 3.8) is 0 Å². The van der Waals surface area contributed by atoms with Gasteiger partial charge in [-0.15, -0.1) is 0 Å². The third-order valence-corrected chi connectivity index (χ3v) is 3.97. The van der Waals surface area contributed by atoms with Gasteiger partial charge in [-0.3, -0.25) is 4.68 Å². The van der Waals surface area contributed by atoms with Gasteiger partial charge >= 0.3 is 0 Å². The molecule has 0 saturated carbocycles. The molecule has 0 aliphatic heterocycles. The molecule has 0 aliphatic carbocycles. The third kappa shape index (κ3) is 2.49. The quantitative estimate of drug-likeness (QED) is 0.790. The summed E-state index contributed by atoms with van der Waals surface area (Å²) in [7, 11) is 5.07. The van der Waals surface area contributed by atoms with Crippen LogP contribution in [0, 0.1) is 5.82 Å². The molecule has 0 spiro atoms. The van der Waals surface area contributed by atoms with Crippen LogP contribution in [-0.4, -0.2) is 40.5 Å². The van der Waals surface area contributed by atoms with Gasteiger partial charge in [0.15, 0.2) is 5.65 Å². The Hall–Kier alpha value is -2.90. The van der Waals surface area contributed by atoms with Crippen molar-refractivity contribution in [2.75, 3.05) is 31.3 Å². The molecule has 0 atom stereocenters. The normalized spacial score (nSPS) is 11.0.